The number of hydrogen-bond donors (Lipinski definition) is 1. The van der Waals surface area contributed by atoms with Crippen LogP contribution in [0.5, 0.6) is 0 Å². The number of aryl methyl sites for hydroxylation is 1. The second-order valence-corrected chi connectivity index (χ2v) is 5.51. The molecule has 1 aliphatic heterocycles. The molecular weight excluding hydrogens is 240 g/mol. The van der Waals surface area contributed by atoms with Crippen LogP contribution >= 0.6 is 0 Å². The van der Waals surface area contributed by atoms with E-state index in [4.69, 9.17) is 10.5 Å². The predicted octanol–water partition coefficient (Wildman–Crippen LogP) is 1.46. The predicted molar refractivity (Wildman–Crippen MR) is 74.6 cm³/mol. The molecule has 1 heterocycles. The molecule has 19 heavy (non-hydrogen) atoms. The zero-order valence-electron chi connectivity index (χ0n) is 11.7. The summed E-state index contributed by atoms with van der Waals surface area (Å²) in [4.78, 5) is 13.8. The van der Waals surface area contributed by atoms with Gasteiger partial charge in [-0.15, -0.1) is 0 Å². The summed E-state index contributed by atoms with van der Waals surface area (Å²) >= 11 is 0. The number of amides is 1. The minimum atomic E-state index is -0.312. The van der Waals surface area contributed by atoms with Gasteiger partial charge in [0.1, 0.15) is 6.61 Å². The lowest BCUT2D eigenvalue weighted by Crippen LogP contribution is -2.53. The molecule has 4 nitrogen and oxygen atoms in total. The number of hydrogen-bond acceptors (Lipinski definition) is 3. The van der Waals surface area contributed by atoms with Gasteiger partial charge in [0, 0.05) is 13.1 Å². The summed E-state index contributed by atoms with van der Waals surface area (Å²) < 4.78 is 5.63. The summed E-state index contributed by atoms with van der Waals surface area (Å²) in [5.41, 5.74) is 7.67. The molecule has 1 unspecified atom stereocenters. The molecule has 1 amide bonds. The first-order valence-corrected chi connectivity index (χ1v) is 6.70. The molecule has 4 heteroatoms. The Bertz CT molecular complexity index is 444. The topological polar surface area (TPSA) is 55.6 Å². The number of carbonyl (C=O) groups is 1. The van der Waals surface area contributed by atoms with E-state index in [9.17, 15) is 4.79 Å². The first-order chi connectivity index (χ1) is 9.02. The number of nitrogens with two attached hydrogens (primary N) is 1. The average molecular weight is 262 g/mol. The van der Waals surface area contributed by atoms with Crippen molar-refractivity contribution in [1.29, 1.82) is 0 Å². The van der Waals surface area contributed by atoms with Crippen molar-refractivity contribution in [1.82, 2.24) is 4.90 Å². The quantitative estimate of drug-likeness (QED) is 0.893. The van der Waals surface area contributed by atoms with Crippen LogP contribution in [0.4, 0.5) is 0 Å². The summed E-state index contributed by atoms with van der Waals surface area (Å²) in [6.45, 7) is 6.06. The highest BCUT2D eigenvalue weighted by Crippen LogP contribution is 2.23. The lowest BCUT2D eigenvalue weighted by Gasteiger charge is -2.40. The van der Waals surface area contributed by atoms with Gasteiger partial charge in [0.2, 0.25) is 5.91 Å². The number of carbonyl (C=O) groups excluding carboxylic acids is 1. The van der Waals surface area contributed by atoms with Gasteiger partial charge < -0.3 is 15.4 Å². The number of benzene rings is 1. The molecule has 0 saturated carbocycles. The summed E-state index contributed by atoms with van der Waals surface area (Å²) in [5.74, 6) is 0.0510. The first-order valence-electron chi connectivity index (χ1n) is 6.70. The SMILES string of the molecule is Cc1ccc(CN2CC(C)(CCN)OCC2=O)cc1. The zero-order chi connectivity index (χ0) is 13.9. The van der Waals surface area contributed by atoms with Crippen molar-refractivity contribution in [2.24, 2.45) is 5.73 Å². The van der Waals surface area contributed by atoms with E-state index in [1.54, 1.807) is 0 Å². The summed E-state index contributed by atoms with van der Waals surface area (Å²) in [7, 11) is 0. The second-order valence-electron chi connectivity index (χ2n) is 5.51. The Labute approximate surface area is 114 Å². The zero-order valence-corrected chi connectivity index (χ0v) is 11.7. The van der Waals surface area contributed by atoms with E-state index in [-0.39, 0.29) is 18.1 Å². The maximum absolute atomic E-state index is 11.9. The molecule has 0 spiro atoms. The molecule has 1 atom stereocenters. The highest BCUT2D eigenvalue weighted by molar-refractivity contribution is 5.78. The van der Waals surface area contributed by atoms with Crippen molar-refractivity contribution < 1.29 is 9.53 Å². The monoisotopic (exact) mass is 262 g/mol. The number of nitrogens with zero attached hydrogens (tertiary/aromatic N) is 1. The van der Waals surface area contributed by atoms with Crippen molar-refractivity contribution in [2.75, 3.05) is 19.7 Å². The second kappa shape index (κ2) is 5.72. The Hall–Kier alpha value is -1.39. The minimum absolute atomic E-state index is 0.0510. The van der Waals surface area contributed by atoms with E-state index in [0.717, 1.165) is 12.0 Å². The molecule has 1 aromatic carbocycles. The maximum Gasteiger partial charge on any atom is 0.248 e. The third-order valence-electron chi connectivity index (χ3n) is 3.59. The summed E-state index contributed by atoms with van der Waals surface area (Å²) in [6.07, 6.45) is 0.769. The van der Waals surface area contributed by atoms with Crippen LogP contribution in [0, 0.1) is 6.92 Å². The van der Waals surface area contributed by atoms with Gasteiger partial charge >= 0.3 is 0 Å². The van der Waals surface area contributed by atoms with Crippen LogP contribution < -0.4 is 5.73 Å². The molecule has 0 aromatic heterocycles. The van der Waals surface area contributed by atoms with E-state index in [1.165, 1.54) is 5.56 Å². The normalized spacial score (nSPS) is 23.7. The van der Waals surface area contributed by atoms with E-state index in [1.807, 2.05) is 11.8 Å². The first kappa shape index (κ1) is 14.0. The van der Waals surface area contributed by atoms with Gasteiger partial charge in [0.05, 0.1) is 5.60 Å². The highest BCUT2D eigenvalue weighted by Gasteiger charge is 2.35. The van der Waals surface area contributed by atoms with Crippen LogP contribution in [0.25, 0.3) is 0 Å². The van der Waals surface area contributed by atoms with Crippen LogP contribution in [-0.2, 0) is 16.1 Å². The van der Waals surface area contributed by atoms with Crippen LogP contribution in [0.15, 0.2) is 24.3 Å². The van der Waals surface area contributed by atoms with E-state index in [2.05, 4.69) is 31.2 Å². The molecule has 0 aliphatic carbocycles. The Morgan fingerprint density at radius 3 is 2.68 bits per heavy atom. The highest BCUT2D eigenvalue weighted by atomic mass is 16.5. The molecule has 0 radical (unpaired) electrons. The molecule has 1 fully saturated rings. The molecule has 104 valence electrons. The fourth-order valence-electron chi connectivity index (χ4n) is 2.38. The van der Waals surface area contributed by atoms with E-state index < -0.39 is 0 Å². The molecule has 1 saturated heterocycles. The number of morpholine rings is 1. The number of ether oxygens (including phenoxy) is 1. The van der Waals surface area contributed by atoms with Crippen molar-refractivity contribution in [3.05, 3.63) is 35.4 Å². The van der Waals surface area contributed by atoms with Gasteiger partial charge in [0.25, 0.3) is 0 Å². The van der Waals surface area contributed by atoms with Crippen molar-refractivity contribution in [3.8, 4) is 0 Å². The van der Waals surface area contributed by atoms with Crippen molar-refractivity contribution in [2.45, 2.75) is 32.4 Å². The molecular formula is C15H22N2O2. The Balaban J connectivity index is 2.05. The molecule has 2 rings (SSSR count). The van der Waals surface area contributed by atoms with E-state index in [0.29, 0.717) is 19.6 Å². The van der Waals surface area contributed by atoms with Crippen LogP contribution in [0.2, 0.25) is 0 Å². The fourth-order valence-corrected chi connectivity index (χ4v) is 2.38. The maximum atomic E-state index is 11.9. The van der Waals surface area contributed by atoms with Gasteiger partial charge in [-0.3, -0.25) is 4.79 Å². The molecule has 1 aliphatic rings. The third kappa shape index (κ3) is 3.55. The van der Waals surface area contributed by atoms with E-state index >= 15 is 0 Å². The van der Waals surface area contributed by atoms with Crippen LogP contribution in [0.1, 0.15) is 24.5 Å². The largest absolute Gasteiger partial charge is 0.364 e. The lowest BCUT2D eigenvalue weighted by molar-refractivity contribution is -0.162. The van der Waals surface area contributed by atoms with Gasteiger partial charge in [-0.25, -0.2) is 0 Å². The van der Waals surface area contributed by atoms with Crippen molar-refractivity contribution >= 4 is 5.91 Å². The average Bonchev–Trinajstić information content (AvgIpc) is 2.37. The van der Waals surface area contributed by atoms with Gasteiger partial charge in [-0.05, 0) is 32.4 Å². The third-order valence-corrected chi connectivity index (χ3v) is 3.59. The van der Waals surface area contributed by atoms with Gasteiger partial charge in [-0.2, -0.15) is 0 Å². The molecule has 0 bridgehead atoms. The number of rotatable bonds is 4. The van der Waals surface area contributed by atoms with Crippen LogP contribution in [0.3, 0.4) is 0 Å². The summed E-state index contributed by atoms with van der Waals surface area (Å²) in [6, 6.07) is 8.27. The Kier molecular flexibility index (Phi) is 4.22. The van der Waals surface area contributed by atoms with Crippen molar-refractivity contribution in [3.63, 3.8) is 0 Å². The minimum Gasteiger partial charge on any atom is -0.364 e. The Morgan fingerprint density at radius 1 is 1.37 bits per heavy atom. The van der Waals surface area contributed by atoms with Crippen LogP contribution in [-0.4, -0.2) is 36.1 Å². The van der Waals surface area contributed by atoms with Gasteiger partial charge in [0.15, 0.2) is 0 Å². The summed E-state index contributed by atoms with van der Waals surface area (Å²) in [5, 5.41) is 0. The fraction of sp³-hybridized carbons (Fsp3) is 0.533. The smallest absolute Gasteiger partial charge is 0.248 e. The standard InChI is InChI=1S/C15H22N2O2/c1-12-3-5-13(6-4-12)9-17-11-15(2,7-8-16)19-10-14(17)18/h3-6H,7-11,16H2,1-2H3. The Morgan fingerprint density at radius 2 is 2.05 bits per heavy atom. The molecule has 2 N–H and O–H groups in total. The van der Waals surface area contributed by atoms with Gasteiger partial charge in [-0.1, -0.05) is 29.8 Å². The lowest BCUT2D eigenvalue weighted by atomic mass is 9.99. The molecule has 1 aromatic rings.